The first kappa shape index (κ1) is 14.2. The lowest BCUT2D eigenvalue weighted by molar-refractivity contribution is -0.118. The number of thioether (sulfide) groups is 1. The second-order valence-electron chi connectivity index (χ2n) is 4.58. The van der Waals surface area contributed by atoms with Crippen molar-refractivity contribution in [1.29, 1.82) is 0 Å². The van der Waals surface area contributed by atoms with Crippen molar-refractivity contribution in [1.82, 2.24) is 5.43 Å². The van der Waals surface area contributed by atoms with Gasteiger partial charge in [-0.15, -0.1) is 11.8 Å². The molecule has 1 amide bonds. The molecule has 0 aliphatic rings. The van der Waals surface area contributed by atoms with Crippen LogP contribution in [0.3, 0.4) is 0 Å². The van der Waals surface area contributed by atoms with Gasteiger partial charge in [0.05, 0.1) is 11.4 Å². The second-order valence-corrected chi connectivity index (χ2v) is 6.82. The maximum Gasteiger partial charge on any atom is 0.248 e. The van der Waals surface area contributed by atoms with E-state index < -0.39 is 0 Å². The van der Waals surface area contributed by atoms with Gasteiger partial charge >= 0.3 is 0 Å². The first-order valence-electron chi connectivity index (χ1n) is 5.31. The summed E-state index contributed by atoms with van der Waals surface area (Å²) >= 11 is 7.43. The van der Waals surface area contributed by atoms with E-state index in [2.05, 4.69) is 31.6 Å². The van der Waals surface area contributed by atoms with E-state index in [1.54, 1.807) is 23.9 Å². The Hall–Kier alpha value is -0.870. The molecule has 1 aromatic carbocycles. The Morgan fingerprint density at radius 1 is 1.41 bits per heavy atom. The van der Waals surface area contributed by atoms with E-state index in [1.807, 2.05) is 12.1 Å². The molecule has 94 valence electrons. The molecule has 0 saturated heterocycles. The van der Waals surface area contributed by atoms with Gasteiger partial charge in [0, 0.05) is 9.77 Å². The number of nitrogens with one attached hydrogen (secondary N) is 2. The van der Waals surface area contributed by atoms with E-state index in [-0.39, 0.29) is 10.7 Å². The molecule has 0 radical (unpaired) electrons. The van der Waals surface area contributed by atoms with Crippen molar-refractivity contribution in [3.8, 4) is 0 Å². The summed E-state index contributed by atoms with van der Waals surface area (Å²) in [4.78, 5) is 11.5. The van der Waals surface area contributed by atoms with Crippen molar-refractivity contribution in [2.75, 3.05) is 11.2 Å². The van der Waals surface area contributed by atoms with Crippen molar-refractivity contribution < 1.29 is 4.79 Å². The van der Waals surface area contributed by atoms with Gasteiger partial charge in [-0.2, -0.15) is 0 Å². The number of amides is 1. The molecule has 3 nitrogen and oxygen atoms in total. The number of hydrogen-bond acceptors (Lipinski definition) is 3. The number of hydrazine groups is 1. The SMILES string of the molecule is CC(C)(C)SCC(=O)NNc1cccc(Cl)c1. The van der Waals surface area contributed by atoms with E-state index in [1.165, 1.54) is 0 Å². The van der Waals surface area contributed by atoms with Crippen molar-refractivity contribution in [2.45, 2.75) is 25.5 Å². The number of halogens is 1. The molecule has 0 heterocycles. The van der Waals surface area contributed by atoms with E-state index in [9.17, 15) is 4.79 Å². The van der Waals surface area contributed by atoms with Crippen molar-refractivity contribution in [3.05, 3.63) is 29.3 Å². The van der Waals surface area contributed by atoms with Gasteiger partial charge in [-0.1, -0.05) is 38.4 Å². The molecule has 0 spiro atoms. The molecule has 0 aromatic heterocycles. The summed E-state index contributed by atoms with van der Waals surface area (Å²) in [7, 11) is 0. The Bertz CT molecular complexity index is 390. The third-order valence-corrected chi connectivity index (χ3v) is 3.31. The molecule has 1 aromatic rings. The summed E-state index contributed by atoms with van der Waals surface area (Å²) in [6.45, 7) is 6.24. The van der Waals surface area contributed by atoms with Crippen LogP contribution in [0.2, 0.25) is 5.02 Å². The van der Waals surface area contributed by atoms with Crippen LogP contribution in [0.4, 0.5) is 5.69 Å². The zero-order valence-electron chi connectivity index (χ0n) is 10.2. The first-order chi connectivity index (χ1) is 7.87. The molecule has 2 N–H and O–H groups in total. The molecule has 0 saturated carbocycles. The minimum absolute atomic E-state index is 0.0510. The second kappa shape index (κ2) is 6.17. The van der Waals surface area contributed by atoms with Gasteiger partial charge in [-0.25, -0.2) is 0 Å². The van der Waals surface area contributed by atoms with Crippen LogP contribution >= 0.6 is 23.4 Å². The maximum absolute atomic E-state index is 11.5. The third-order valence-electron chi connectivity index (χ3n) is 1.81. The lowest BCUT2D eigenvalue weighted by Gasteiger charge is -2.17. The fraction of sp³-hybridized carbons (Fsp3) is 0.417. The smallest absolute Gasteiger partial charge is 0.248 e. The van der Waals surface area contributed by atoms with E-state index in [0.717, 1.165) is 5.69 Å². The normalized spacial score (nSPS) is 11.1. The van der Waals surface area contributed by atoms with Crippen LogP contribution in [0, 0.1) is 0 Å². The minimum Gasteiger partial charge on any atom is -0.299 e. The predicted molar refractivity (Wildman–Crippen MR) is 75.4 cm³/mol. The lowest BCUT2D eigenvalue weighted by atomic mass is 10.3. The average molecular weight is 273 g/mol. The Balaban J connectivity index is 2.33. The zero-order valence-corrected chi connectivity index (χ0v) is 11.8. The standard InChI is InChI=1S/C12H17ClN2OS/c1-12(2,3)17-8-11(16)15-14-10-6-4-5-9(13)7-10/h4-7,14H,8H2,1-3H3,(H,15,16). The Kier molecular flexibility index (Phi) is 5.15. The number of anilines is 1. The van der Waals surface area contributed by atoms with Crippen LogP contribution in [0.5, 0.6) is 0 Å². The monoisotopic (exact) mass is 272 g/mol. The highest BCUT2D eigenvalue weighted by atomic mass is 35.5. The Labute approximate surface area is 111 Å². The Morgan fingerprint density at radius 2 is 2.12 bits per heavy atom. The quantitative estimate of drug-likeness (QED) is 0.826. The number of carbonyl (C=O) groups excluding carboxylic acids is 1. The average Bonchev–Trinajstić information content (AvgIpc) is 2.23. The van der Waals surface area contributed by atoms with Gasteiger partial charge in [0.2, 0.25) is 5.91 Å². The molecule has 5 heteroatoms. The summed E-state index contributed by atoms with van der Waals surface area (Å²) < 4.78 is 0.0907. The van der Waals surface area contributed by atoms with Gasteiger partial charge in [0.1, 0.15) is 0 Å². The van der Waals surface area contributed by atoms with Crippen LogP contribution in [-0.2, 0) is 4.79 Å². The molecule has 0 fully saturated rings. The summed E-state index contributed by atoms with van der Waals surface area (Å²) in [5, 5.41) is 0.633. The minimum atomic E-state index is -0.0510. The Morgan fingerprint density at radius 3 is 2.71 bits per heavy atom. The number of carbonyl (C=O) groups is 1. The summed E-state index contributed by atoms with van der Waals surface area (Å²) in [6.07, 6.45) is 0. The van der Waals surface area contributed by atoms with Crippen LogP contribution < -0.4 is 10.9 Å². The zero-order chi connectivity index (χ0) is 12.9. The predicted octanol–water partition coefficient (Wildman–Crippen LogP) is 3.31. The van der Waals surface area contributed by atoms with Gasteiger partial charge < -0.3 is 0 Å². The van der Waals surface area contributed by atoms with E-state index in [0.29, 0.717) is 10.8 Å². The van der Waals surface area contributed by atoms with Crippen LogP contribution in [0.25, 0.3) is 0 Å². The molecular weight excluding hydrogens is 256 g/mol. The first-order valence-corrected chi connectivity index (χ1v) is 6.67. The number of benzene rings is 1. The molecule has 17 heavy (non-hydrogen) atoms. The highest BCUT2D eigenvalue weighted by Gasteiger charge is 2.12. The largest absolute Gasteiger partial charge is 0.299 e. The van der Waals surface area contributed by atoms with Crippen LogP contribution in [0.15, 0.2) is 24.3 Å². The van der Waals surface area contributed by atoms with Gasteiger partial charge in [0.25, 0.3) is 0 Å². The third kappa shape index (κ3) is 6.44. The fourth-order valence-electron chi connectivity index (χ4n) is 1.03. The highest BCUT2D eigenvalue weighted by molar-refractivity contribution is 8.01. The molecule has 0 aliphatic carbocycles. The van der Waals surface area contributed by atoms with E-state index >= 15 is 0 Å². The molecule has 0 atom stereocenters. The van der Waals surface area contributed by atoms with Gasteiger partial charge in [-0.3, -0.25) is 15.6 Å². The number of rotatable bonds is 4. The van der Waals surface area contributed by atoms with E-state index in [4.69, 9.17) is 11.6 Å². The molecule has 0 aliphatic heterocycles. The van der Waals surface area contributed by atoms with Crippen molar-refractivity contribution in [2.24, 2.45) is 0 Å². The molecule has 0 bridgehead atoms. The summed E-state index contributed by atoms with van der Waals surface area (Å²) in [5.74, 6) is 0.377. The van der Waals surface area contributed by atoms with Gasteiger partial charge in [-0.05, 0) is 18.2 Å². The van der Waals surface area contributed by atoms with Crippen LogP contribution in [0.1, 0.15) is 20.8 Å². The highest BCUT2D eigenvalue weighted by Crippen LogP contribution is 2.22. The maximum atomic E-state index is 11.5. The van der Waals surface area contributed by atoms with Crippen molar-refractivity contribution >= 4 is 35.0 Å². The fourth-order valence-corrected chi connectivity index (χ4v) is 1.85. The molecule has 0 unspecified atom stereocenters. The molecular formula is C12H17ClN2OS. The topological polar surface area (TPSA) is 41.1 Å². The number of hydrogen-bond donors (Lipinski definition) is 2. The lowest BCUT2D eigenvalue weighted by Crippen LogP contribution is -2.32. The summed E-state index contributed by atoms with van der Waals surface area (Å²) in [6, 6.07) is 7.19. The van der Waals surface area contributed by atoms with Gasteiger partial charge in [0.15, 0.2) is 0 Å². The van der Waals surface area contributed by atoms with Crippen LogP contribution in [-0.4, -0.2) is 16.4 Å². The van der Waals surface area contributed by atoms with Crippen molar-refractivity contribution in [3.63, 3.8) is 0 Å². The molecule has 1 rings (SSSR count). The summed E-state index contributed by atoms with van der Waals surface area (Å²) in [5.41, 5.74) is 6.22.